The molecule has 1 N–H and O–H groups in total. The molecular formula is C16H25N3. The van der Waals surface area contributed by atoms with E-state index in [1.165, 1.54) is 24.1 Å². The highest BCUT2D eigenvalue weighted by Crippen LogP contribution is 2.43. The summed E-state index contributed by atoms with van der Waals surface area (Å²) in [5.41, 5.74) is 3.82. The van der Waals surface area contributed by atoms with Crippen molar-refractivity contribution in [1.82, 2.24) is 15.1 Å². The number of hydrogen-bond donors (Lipinski definition) is 1. The van der Waals surface area contributed by atoms with E-state index in [-0.39, 0.29) is 0 Å². The zero-order valence-corrected chi connectivity index (χ0v) is 12.5. The summed E-state index contributed by atoms with van der Waals surface area (Å²) in [6.07, 6.45) is 7.63. The Bertz CT molecular complexity index is 500. The molecular weight excluding hydrogens is 234 g/mol. The first kappa shape index (κ1) is 12.9. The molecule has 2 aliphatic rings. The van der Waals surface area contributed by atoms with Gasteiger partial charge in [0.2, 0.25) is 0 Å². The zero-order valence-electron chi connectivity index (χ0n) is 12.5. The molecule has 2 bridgehead atoms. The summed E-state index contributed by atoms with van der Waals surface area (Å²) in [5, 5.41) is 8.25. The Balaban J connectivity index is 1.62. The maximum absolute atomic E-state index is 4.52. The zero-order chi connectivity index (χ0) is 13.6. The van der Waals surface area contributed by atoms with Crippen molar-refractivity contribution < 1.29 is 0 Å². The number of nitrogens with zero attached hydrogens (tertiary/aromatic N) is 2. The monoisotopic (exact) mass is 259 g/mol. The first-order chi connectivity index (χ1) is 9.06. The number of hydrogen-bond acceptors (Lipinski definition) is 2. The number of rotatable bonds is 4. The minimum absolute atomic E-state index is 0.400. The molecule has 3 heteroatoms. The molecule has 0 spiro atoms. The smallest absolute Gasteiger partial charge is 0.0644 e. The van der Waals surface area contributed by atoms with Crippen molar-refractivity contribution in [3.63, 3.8) is 0 Å². The summed E-state index contributed by atoms with van der Waals surface area (Å²) >= 11 is 0. The van der Waals surface area contributed by atoms with Gasteiger partial charge in [0, 0.05) is 24.3 Å². The second-order valence-corrected chi connectivity index (χ2v) is 6.38. The van der Waals surface area contributed by atoms with Gasteiger partial charge < -0.3 is 5.32 Å². The SMILES string of the molecule is Cc1nn(C)c(C)c1[C@H](C)NC[C@@H]1C[C@H]2C=C[C@H]1C2. The van der Waals surface area contributed by atoms with E-state index in [1.807, 2.05) is 11.7 Å². The third-order valence-corrected chi connectivity index (χ3v) is 5.10. The van der Waals surface area contributed by atoms with E-state index in [1.54, 1.807) is 0 Å². The molecule has 0 amide bonds. The fourth-order valence-electron chi connectivity index (χ4n) is 3.98. The average Bonchev–Trinajstić information content (AvgIpc) is 3.03. The molecule has 104 valence electrons. The molecule has 0 unspecified atom stereocenters. The maximum atomic E-state index is 4.52. The minimum Gasteiger partial charge on any atom is -0.310 e. The summed E-state index contributed by atoms with van der Waals surface area (Å²) in [7, 11) is 2.03. The van der Waals surface area contributed by atoms with Gasteiger partial charge in [-0.05, 0) is 57.9 Å². The summed E-state index contributed by atoms with van der Waals surface area (Å²) in [6, 6.07) is 0.400. The third-order valence-electron chi connectivity index (χ3n) is 5.10. The lowest BCUT2D eigenvalue weighted by atomic mass is 9.93. The third kappa shape index (κ3) is 2.25. The molecule has 3 nitrogen and oxygen atoms in total. The number of aryl methyl sites for hydroxylation is 2. The lowest BCUT2D eigenvalue weighted by molar-refractivity contribution is 0.392. The van der Waals surface area contributed by atoms with E-state index in [2.05, 4.69) is 43.3 Å². The Morgan fingerprint density at radius 1 is 1.37 bits per heavy atom. The van der Waals surface area contributed by atoms with Crippen LogP contribution in [0.5, 0.6) is 0 Å². The van der Waals surface area contributed by atoms with E-state index in [0.29, 0.717) is 6.04 Å². The van der Waals surface area contributed by atoms with Crippen LogP contribution in [0.4, 0.5) is 0 Å². The average molecular weight is 259 g/mol. The summed E-state index contributed by atoms with van der Waals surface area (Å²) < 4.78 is 1.99. The van der Waals surface area contributed by atoms with Crippen molar-refractivity contribution in [3.8, 4) is 0 Å². The molecule has 1 saturated carbocycles. The van der Waals surface area contributed by atoms with Crippen LogP contribution in [0.2, 0.25) is 0 Å². The Labute approximate surface area is 116 Å². The van der Waals surface area contributed by atoms with Crippen molar-refractivity contribution in [2.75, 3.05) is 6.54 Å². The maximum Gasteiger partial charge on any atom is 0.0644 e. The fourth-order valence-corrected chi connectivity index (χ4v) is 3.98. The van der Waals surface area contributed by atoms with Crippen molar-refractivity contribution in [3.05, 3.63) is 29.1 Å². The van der Waals surface area contributed by atoms with Gasteiger partial charge in [-0.2, -0.15) is 5.10 Å². The highest BCUT2D eigenvalue weighted by Gasteiger charge is 2.35. The molecule has 2 aliphatic carbocycles. The van der Waals surface area contributed by atoms with Crippen LogP contribution in [0.15, 0.2) is 12.2 Å². The summed E-state index contributed by atoms with van der Waals surface area (Å²) in [4.78, 5) is 0. The van der Waals surface area contributed by atoms with E-state index >= 15 is 0 Å². The second kappa shape index (κ2) is 4.78. The molecule has 1 heterocycles. The summed E-state index contributed by atoms with van der Waals surface area (Å²) in [6.45, 7) is 7.68. The topological polar surface area (TPSA) is 29.9 Å². The van der Waals surface area contributed by atoms with E-state index in [0.717, 1.165) is 30.0 Å². The van der Waals surface area contributed by atoms with Crippen LogP contribution >= 0.6 is 0 Å². The van der Waals surface area contributed by atoms with Crippen LogP contribution in [0, 0.1) is 31.6 Å². The molecule has 0 radical (unpaired) electrons. The van der Waals surface area contributed by atoms with Crippen molar-refractivity contribution in [2.24, 2.45) is 24.8 Å². The van der Waals surface area contributed by atoms with Crippen LogP contribution in [0.25, 0.3) is 0 Å². The van der Waals surface area contributed by atoms with Gasteiger partial charge >= 0.3 is 0 Å². The summed E-state index contributed by atoms with van der Waals surface area (Å²) in [5.74, 6) is 2.55. The molecule has 0 aliphatic heterocycles. The first-order valence-electron chi connectivity index (χ1n) is 7.48. The minimum atomic E-state index is 0.400. The predicted molar refractivity (Wildman–Crippen MR) is 77.9 cm³/mol. The van der Waals surface area contributed by atoms with E-state index in [9.17, 15) is 0 Å². The Hall–Kier alpha value is -1.09. The molecule has 0 saturated heterocycles. The van der Waals surface area contributed by atoms with Gasteiger partial charge in [0.25, 0.3) is 0 Å². The predicted octanol–water partition coefficient (Wildman–Crippen LogP) is 2.90. The fraction of sp³-hybridized carbons (Fsp3) is 0.688. The van der Waals surface area contributed by atoms with Crippen LogP contribution < -0.4 is 5.32 Å². The van der Waals surface area contributed by atoms with Gasteiger partial charge in [0.1, 0.15) is 0 Å². The molecule has 4 atom stereocenters. The van der Waals surface area contributed by atoms with Crippen LogP contribution in [-0.2, 0) is 7.05 Å². The number of aromatic nitrogens is 2. The van der Waals surface area contributed by atoms with Crippen molar-refractivity contribution in [2.45, 2.75) is 39.7 Å². The molecule has 1 aromatic rings. The van der Waals surface area contributed by atoms with Crippen LogP contribution in [0.1, 0.15) is 42.8 Å². The first-order valence-corrected chi connectivity index (χ1v) is 7.48. The van der Waals surface area contributed by atoms with Crippen molar-refractivity contribution >= 4 is 0 Å². The van der Waals surface area contributed by atoms with Gasteiger partial charge in [0.05, 0.1) is 5.69 Å². The lowest BCUT2D eigenvalue weighted by Gasteiger charge is -2.22. The standard InChI is InChI=1S/C16H25N3/c1-10(16-11(2)18-19(4)12(16)3)17-9-15-8-13-5-6-14(15)7-13/h5-6,10,13-15,17H,7-9H2,1-4H3/t10-,13-,14-,15-/m0/s1. The van der Waals surface area contributed by atoms with Gasteiger partial charge in [-0.1, -0.05) is 12.2 Å². The second-order valence-electron chi connectivity index (χ2n) is 6.38. The van der Waals surface area contributed by atoms with Crippen molar-refractivity contribution in [1.29, 1.82) is 0 Å². The highest BCUT2D eigenvalue weighted by atomic mass is 15.3. The Morgan fingerprint density at radius 3 is 2.68 bits per heavy atom. The van der Waals surface area contributed by atoms with Gasteiger partial charge in [-0.3, -0.25) is 4.68 Å². The van der Waals surface area contributed by atoms with E-state index in [4.69, 9.17) is 0 Å². The Morgan fingerprint density at radius 2 is 2.16 bits per heavy atom. The van der Waals surface area contributed by atoms with Crippen LogP contribution in [-0.4, -0.2) is 16.3 Å². The molecule has 3 rings (SSSR count). The van der Waals surface area contributed by atoms with E-state index < -0.39 is 0 Å². The number of fused-ring (bicyclic) bond motifs is 2. The number of allylic oxidation sites excluding steroid dienone is 2. The molecule has 19 heavy (non-hydrogen) atoms. The highest BCUT2D eigenvalue weighted by molar-refractivity contribution is 5.27. The van der Waals surface area contributed by atoms with Gasteiger partial charge in [-0.15, -0.1) is 0 Å². The van der Waals surface area contributed by atoms with Crippen LogP contribution in [0.3, 0.4) is 0 Å². The normalized spacial score (nSPS) is 30.2. The largest absolute Gasteiger partial charge is 0.310 e. The number of nitrogens with one attached hydrogen (secondary N) is 1. The quantitative estimate of drug-likeness (QED) is 0.843. The Kier molecular flexibility index (Phi) is 3.25. The van der Waals surface area contributed by atoms with Gasteiger partial charge in [-0.25, -0.2) is 0 Å². The molecule has 1 fully saturated rings. The molecule has 0 aromatic carbocycles. The lowest BCUT2D eigenvalue weighted by Crippen LogP contribution is -2.28. The molecule has 1 aromatic heterocycles. The van der Waals surface area contributed by atoms with Gasteiger partial charge in [0.15, 0.2) is 0 Å².